The SMILES string of the molecule is O=C(NCCOCCBr)C1CC2CCC1C2. The van der Waals surface area contributed by atoms with Gasteiger partial charge in [0.25, 0.3) is 0 Å². The third kappa shape index (κ3) is 2.98. The number of amides is 1. The monoisotopic (exact) mass is 289 g/mol. The maximum absolute atomic E-state index is 11.9. The Bertz CT molecular complexity index is 247. The Labute approximate surface area is 105 Å². The van der Waals surface area contributed by atoms with E-state index in [0.717, 1.165) is 17.7 Å². The first kappa shape index (κ1) is 12.4. The normalized spacial score (nSPS) is 31.9. The van der Waals surface area contributed by atoms with Gasteiger partial charge in [-0.3, -0.25) is 4.79 Å². The Kier molecular flexibility index (Phi) is 4.65. The fraction of sp³-hybridized carbons (Fsp3) is 0.917. The van der Waals surface area contributed by atoms with Crippen molar-refractivity contribution in [3.05, 3.63) is 0 Å². The highest BCUT2D eigenvalue weighted by Crippen LogP contribution is 2.48. The topological polar surface area (TPSA) is 38.3 Å². The number of rotatable bonds is 6. The molecule has 2 aliphatic rings. The lowest BCUT2D eigenvalue weighted by Crippen LogP contribution is -2.35. The number of fused-ring (bicyclic) bond motifs is 2. The summed E-state index contributed by atoms with van der Waals surface area (Å²) in [7, 11) is 0. The molecule has 4 heteroatoms. The van der Waals surface area contributed by atoms with Gasteiger partial charge in [-0.05, 0) is 31.1 Å². The van der Waals surface area contributed by atoms with Gasteiger partial charge in [0.2, 0.25) is 5.91 Å². The molecule has 16 heavy (non-hydrogen) atoms. The molecule has 2 saturated carbocycles. The van der Waals surface area contributed by atoms with Crippen LogP contribution in [-0.4, -0.2) is 31.0 Å². The third-order valence-electron chi connectivity index (χ3n) is 3.84. The summed E-state index contributed by atoms with van der Waals surface area (Å²) in [6.45, 7) is 1.99. The highest BCUT2D eigenvalue weighted by atomic mass is 79.9. The number of hydrogen-bond acceptors (Lipinski definition) is 2. The van der Waals surface area contributed by atoms with Gasteiger partial charge in [-0.1, -0.05) is 22.4 Å². The summed E-state index contributed by atoms with van der Waals surface area (Å²) in [5.74, 6) is 2.07. The van der Waals surface area contributed by atoms with Gasteiger partial charge < -0.3 is 10.1 Å². The fourth-order valence-electron chi connectivity index (χ4n) is 3.10. The van der Waals surface area contributed by atoms with E-state index < -0.39 is 0 Å². The Morgan fingerprint density at radius 1 is 1.31 bits per heavy atom. The van der Waals surface area contributed by atoms with Gasteiger partial charge in [0.05, 0.1) is 13.2 Å². The van der Waals surface area contributed by atoms with Crippen LogP contribution in [0.15, 0.2) is 0 Å². The van der Waals surface area contributed by atoms with Crippen molar-refractivity contribution in [2.24, 2.45) is 17.8 Å². The van der Waals surface area contributed by atoms with Crippen LogP contribution in [0.1, 0.15) is 25.7 Å². The maximum Gasteiger partial charge on any atom is 0.223 e. The first-order chi connectivity index (χ1) is 7.81. The minimum atomic E-state index is 0.259. The summed E-state index contributed by atoms with van der Waals surface area (Å²) in [4.78, 5) is 11.9. The first-order valence-corrected chi connectivity index (χ1v) is 7.35. The molecule has 0 aromatic carbocycles. The van der Waals surface area contributed by atoms with Gasteiger partial charge in [-0.25, -0.2) is 0 Å². The molecule has 92 valence electrons. The van der Waals surface area contributed by atoms with Crippen LogP contribution in [0.2, 0.25) is 0 Å². The molecule has 1 amide bonds. The maximum atomic E-state index is 11.9. The number of carbonyl (C=O) groups is 1. The minimum Gasteiger partial charge on any atom is -0.379 e. The molecule has 0 radical (unpaired) electrons. The summed E-state index contributed by atoms with van der Waals surface area (Å²) in [5.41, 5.74) is 0. The van der Waals surface area contributed by atoms with Crippen LogP contribution >= 0.6 is 15.9 Å². The molecule has 3 unspecified atom stereocenters. The van der Waals surface area contributed by atoms with Crippen LogP contribution in [-0.2, 0) is 9.53 Å². The molecular weight excluding hydrogens is 270 g/mol. The molecule has 0 spiro atoms. The molecule has 2 fully saturated rings. The van der Waals surface area contributed by atoms with E-state index in [1.165, 1.54) is 19.3 Å². The van der Waals surface area contributed by atoms with E-state index in [9.17, 15) is 4.79 Å². The van der Waals surface area contributed by atoms with E-state index in [1.54, 1.807) is 0 Å². The van der Waals surface area contributed by atoms with Crippen LogP contribution < -0.4 is 5.32 Å². The molecule has 2 aliphatic carbocycles. The van der Waals surface area contributed by atoms with Gasteiger partial charge in [0, 0.05) is 17.8 Å². The molecule has 0 heterocycles. The van der Waals surface area contributed by atoms with Crippen molar-refractivity contribution >= 4 is 21.8 Å². The van der Waals surface area contributed by atoms with Crippen LogP contribution in [0, 0.1) is 17.8 Å². The summed E-state index contributed by atoms with van der Waals surface area (Å²) in [6, 6.07) is 0. The van der Waals surface area contributed by atoms with Crippen molar-refractivity contribution in [2.75, 3.05) is 25.1 Å². The van der Waals surface area contributed by atoms with E-state index in [0.29, 0.717) is 31.6 Å². The average molecular weight is 290 g/mol. The van der Waals surface area contributed by atoms with Crippen molar-refractivity contribution < 1.29 is 9.53 Å². The second-order valence-electron chi connectivity index (χ2n) is 4.87. The molecule has 2 bridgehead atoms. The highest BCUT2D eigenvalue weighted by Gasteiger charge is 2.42. The zero-order chi connectivity index (χ0) is 11.4. The van der Waals surface area contributed by atoms with Gasteiger partial charge in [0.15, 0.2) is 0 Å². The minimum absolute atomic E-state index is 0.259. The standard InChI is InChI=1S/C12H20BrNO2/c13-3-5-16-6-4-14-12(15)11-8-9-1-2-10(11)7-9/h9-11H,1-8H2,(H,14,15). The van der Waals surface area contributed by atoms with Crippen molar-refractivity contribution in [1.82, 2.24) is 5.32 Å². The van der Waals surface area contributed by atoms with E-state index in [2.05, 4.69) is 21.2 Å². The zero-order valence-electron chi connectivity index (χ0n) is 9.58. The second-order valence-corrected chi connectivity index (χ2v) is 5.67. The largest absolute Gasteiger partial charge is 0.379 e. The summed E-state index contributed by atoms with van der Waals surface area (Å²) in [6.07, 6.45) is 5.03. The molecule has 0 aliphatic heterocycles. The molecule has 0 aromatic rings. The van der Waals surface area contributed by atoms with E-state index in [4.69, 9.17) is 4.74 Å². The number of ether oxygens (including phenoxy) is 1. The average Bonchev–Trinajstić information content (AvgIpc) is 2.90. The van der Waals surface area contributed by atoms with E-state index >= 15 is 0 Å². The third-order valence-corrected chi connectivity index (χ3v) is 4.17. The lowest BCUT2D eigenvalue weighted by molar-refractivity contribution is -0.126. The number of alkyl halides is 1. The van der Waals surface area contributed by atoms with Crippen LogP contribution in [0.25, 0.3) is 0 Å². The highest BCUT2D eigenvalue weighted by molar-refractivity contribution is 9.09. The first-order valence-electron chi connectivity index (χ1n) is 6.22. The Balaban J connectivity index is 1.61. The summed E-state index contributed by atoms with van der Waals surface area (Å²) in [5, 5.41) is 3.84. The Hall–Kier alpha value is -0.0900. The predicted molar refractivity (Wildman–Crippen MR) is 66.6 cm³/mol. The predicted octanol–water partition coefficient (Wildman–Crippen LogP) is 1.95. The van der Waals surface area contributed by atoms with Crippen molar-refractivity contribution in [1.29, 1.82) is 0 Å². The fourth-order valence-corrected chi connectivity index (χ4v) is 3.33. The number of carbonyl (C=O) groups excluding carboxylic acids is 1. The second kappa shape index (κ2) is 6.01. The van der Waals surface area contributed by atoms with Crippen LogP contribution in [0.5, 0.6) is 0 Å². The quantitative estimate of drug-likeness (QED) is 0.600. The molecule has 3 atom stereocenters. The smallest absolute Gasteiger partial charge is 0.223 e. The zero-order valence-corrected chi connectivity index (χ0v) is 11.2. The lowest BCUT2D eigenvalue weighted by atomic mass is 9.88. The van der Waals surface area contributed by atoms with Crippen LogP contribution in [0.4, 0.5) is 0 Å². The molecule has 1 N–H and O–H groups in total. The number of halogens is 1. The molecular formula is C12H20BrNO2. The van der Waals surface area contributed by atoms with Gasteiger partial charge in [-0.2, -0.15) is 0 Å². The molecule has 0 saturated heterocycles. The van der Waals surface area contributed by atoms with Gasteiger partial charge >= 0.3 is 0 Å². The number of hydrogen-bond donors (Lipinski definition) is 1. The van der Waals surface area contributed by atoms with Gasteiger partial charge in [-0.15, -0.1) is 0 Å². The lowest BCUT2D eigenvalue weighted by Gasteiger charge is -2.20. The molecule has 2 rings (SSSR count). The summed E-state index contributed by atoms with van der Waals surface area (Å²) >= 11 is 3.29. The van der Waals surface area contributed by atoms with Crippen LogP contribution in [0.3, 0.4) is 0 Å². The van der Waals surface area contributed by atoms with E-state index in [-0.39, 0.29) is 5.91 Å². The Morgan fingerprint density at radius 2 is 2.19 bits per heavy atom. The molecule has 3 nitrogen and oxygen atoms in total. The number of nitrogens with one attached hydrogen (secondary N) is 1. The summed E-state index contributed by atoms with van der Waals surface area (Å²) < 4.78 is 5.30. The van der Waals surface area contributed by atoms with Crippen molar-refractivity contribution in [3.8, 4) is 0 Å². The molecule has 0 aromatic heterocycles. The van der Waals surface area contributed by atoms with E-state index in [1.807, 2.05) is 0 Å². The van der Waals surface area contributed by atoms with Crippen molar-refractivity contribution in [3.63, 3.8) is 0 Å². The van der Waals surface area contributed by atoms with Crippen molar-refractivity contribution in [2.45, 2.75) is 25.7 Å². The van der Waals surface area contributed by atoms with Gasteiger partial charge in [0.1, 0.15) is 0 Å². The Morgan fingerprint density at radius 3 is 2.81 bits per heavy atom.